The van der Waals surface area contributed by atoms with Gasteiger partial charge in [-0.2, -0.15) is 0 Å². The number of hydrogen-bond donors (Lipinski definition) is 4. The Hall–Kier alpha value is -5.80. The summed E-state index contributed by atoms with van der Waals surface area (Å²) in [6.07, 6.45) is 0.764. The number of ether oxygens (including phenoxy) is 3. The second-order valence-electron chi connectivity index (χ2n) is 9.54. The van der Waals surface area contributed by atoms with Crippen molar-refractivity contribution in [2.75, 3.05) is 25.5 Å². The van der Waals surface area contributed by atoms with Crippen LogP contribution < -0.4 is 26.0 Å². The molecule has 0 spiro atoms. The van der Waals surface area contributed by atoms with Crippen LogP contribution in [0.15, 0.2) is 60.7 Å². The number of nitrogens with one attached hydrogen (secondary N) is 4. The van der Waals surface area contributed by atoms with Crippen LogP contribution in [0.2, 0.25) is 0 Å². The number of non-ortho nitro benzene ring substituents is 1. The quantitative estimate of drug-likeness (QED) is 0.0732. The van der Waals surface area contributed by atoms with E-state index in [-0.39, 0.29) is 43.5 Å². The maximum Gasteiger partial charge on any atom is 0.514 e. The van der Waals surface area contributed by atoms with E-state index < -0.39 is 46.7 Å². The molecule has 0 aliphatic carbocycles. The number of amides is 4. The van der Waals surface area contributed by atoms with Crippen LogP contribution in [0.4, 0.5) is 16.2 Å². The number of carbonyl (C=O) groups is 6. The van der Waals surface area contributed by atoms with E-state index in [1.165, 1.54) is 31.4 Å². The van der Waals surface area contributed by atoms with Crippen LogP contribution in [0.25, 0.3) is 0 Å². The van der Waals surface area contributed by atoms with Gasteiger partial charge >= 0.3 is 12.1 Å². The lowest BCUT2D eigenvalue weighted by atomic mass is 10.0. The normalized spacial score (nSPS) is 11.2. The van der Waals surface area contributed by atoms with E-state index in [9.17, 15) is 38.9 Å². The van der Waals surface area contributed by atoms with Gasteiger partial charge in [0.1, 0.15) is 18.4 Å². The molecule has 2 aromatic carbocycles. The first-order valence-electron chi connectivity index (χ1n) is 13.5. The summed E-state index contributed by atoms with van der Waals surface area (Å²) < 4.78 is 14.4. The van der Waals surface area contributed by atoms with Gasteiger partial charge in [-0.05, 0) is 35.7 Å². The van der Waals surface area contributed by atoms with Crippen LogP contribution in [0, 0.1) is 16.0 Å². The van der Waals surface area contributed by atoms with E-state index in [0.717, 1.165) is 12.2 Å². The number of methoxy groups -OCH3 is 1. The zero-order valence-electron chi connectivity index (χ0n) is 24.7. The highest BCUT2D eigenvalue weighted by molar-refractivity contribution is 5.96. The highest BCUT2D eigenvalue weighted by Gasteiger charge is 2.24. The number of nitro benzene ring substituents is 1. The van der Waals surface area contributed by atoms with Crippen LogP contribution in [0.5, 0.6) is 5.75 Å². The van der Waals surface area contributed by atoms with Crippen molar-refractivity contribution in [2.45, 2.75) is 32.9 Å². The Morgan fingerprint density at radius 2 is 1.58 bits per heavy atom. The van der Waals surface area contributed by atoms with Gasteiger partial charge < -0.3 is 35.5 Å². The van der Waals surface area contributed by atoms with E-state index >= 15 is 0 Å². The van der Waals surface area contributed by atoms with Crippen molar-refractivity contribution in [3.8, 4) is 5.75 Å². The van der Waals surface area contributed by atoms with E-state index in [1.807, 2.05) is 0 Å². The molecule has 2 rings (SSSR count). The zero-order valence-corrected chi connectivity index (χ0v) is 24.7. The van der Waals surface area contributed by atoms with Crippen LogP contribution in [-0.4, -0.2) is 66.9 Å². The van der Waals surface area contributed by atoms with Crippen molar-refractivity contribution in [3.63, 3.8) is 0 Å². The Kier molecular flexibility index (Phi) is 14.2. The molecule has 0 aromatic heterocycles. The number of esters is 1. The molecule has 2 aromatic rings. The minimum absolute atomic E-state index is 0.0395. The van der Waals surface area contributed by atoms with E-state index in [1.54, 1.807) is 38.1 Å². The van der Waals surface area contributed by atoms with Crippen LogP contribution in [0.3, 0.4) is 0 Å². The Morgan fingerprint density at radius 3 is 2.18 bits per heavy atom. The molecule has 4 N–H and O–H groups in total. The largest absolute Gasteiger partial charge is 0.514 e. The molecule has 0 saturated carbocycles. The van der Waals surface area contributed by atoms with Gasteiger partial charge in [0.15, 0.2) is 0 Å². The molecule has 0 aliphatic heterocycles. The summed E-state index contributed by atoms with van der Waals surface area (Å²) in [4.78, 5) is 82.0. The fraction of sp³-hybridized carbons (Fsp3) is 0.310. The minimum atomic E-state index is -1.01. The maximum atomic E-state index is 12.7. The van der Waals surface area contributed by atoms with Crippen molar-refractivity contribution in [1.82, 2.24) is 16.0 Å². The van der Waals surface area contributed by atoms with Gasteiger partial charge in [0.25, 0.3) is 5.69 Å². The van der Waals surface area contributed by atoms with Crippen LogP contribution in [-0.2, 0) is 40.1 Å². The summed E-state index contributed by atoms with van der Waals surface area (Å²) in [6.45, 7) is 2.87. The average Bonchev–Trinajstić information content (AvgIpc) is 3.01. The van der Waals surface area contributed by atoms with Crippen LogP contribution >= 0.6 is 0 Å². The number of rotatable bonds is 15. The monoisotopic (exact) mass is 627 g/mol. The number of nitro groups is 1. The fourth-order valence-corrected chi connectivity index (χ4v) is 3.42. The third kappa shape index (κ3) is 13.4. The molecular formula is C29H33N5O11. The number of anilines is 1. The highest BCUT2D eigenvalue weighted by atomic mass is 16.7. The molecule has 0 heterocycles. The molecule has 4 amide bonds. The predicted octanol–water partition coefficient (Wildman–Crippen LogP) is 1.74. The van der Waals surface area contributed by atoms with Gasteiger partial charge in [-0.3, -0.25) is 29.3 Å². The molecule has 16 nitrogen and oxygen atoms in total. The minimum Gasteiger partial charge on any atom is -0.466 e. The average molecular weight is 628 g/mol. The highest BCUT2D eigenvalue weighted by Crippen LogP contribution is 2.18. The molecular weight excluding hydrogens is 594 g/mol. The molecule has 45 heavy (non-hydrogen) atoms. The van der Waals surface area contributed by atoms with Gasteiger partial charge in [0.2, 0.25) is 23.6 Å². The molecule has 0 aliphatic rings. The molecule has 0 bridgehead atoms. The first-order valence-corrected chi connectivity index (χ1v) is 13.5. The van der Waals surface area contributed by atoms with Crippen molar-refractivity contribution < 1.29 is 47.9 Å². The summed E-state index contributed by atoms with van der Waals surface area (Å²) in [5.74, 6) is -3.15. The number of hydrogen-bond acceptors (Lipinski definition) is 11. The van der Waals surface area contributed by atoms with E-state index in [2.05, 4.69) is 26.0 Å². The Balaban J connectivity index is 1.74. The van der Waals surface area contributed by atoms with Gasteiger partial charge in [-0.25, -0.2) is 9.59 Å². The maximum absolute atomic E-state index is 12.7. The summed E-state index contributed by atoms with van der Waals surface area (Å²) in [5.41, 5.74) is 0.831. The fourth-order valence-electron chi connectivity index (χ4n) is 3.42. The predicted molar refractivity (Wildman–Crippen MR) is 158 cm³/mol. The Bertz CT molecular complexity index is 1410. The topological polar surface area (TPSA) is 221 Å². The molecule has 0 saturated heterocycles. The summed E-state index contributed by atoms with van der Waals surface area (Å²) in [7, 11) is 1.17. The van der Waals surface area contributed by atoms with E-state index in [0.29, 0.717) is 11.3 Å². The SMILES string of the molecule is COC(=O)/C=C\C(=O)NCCC(=O)NC(C(=O)NCC(=O)Nc1ccc(COC(=O)Oc2ccc([N+](=O)[O-])cc2)cc1)C(C)C. The van der Waals surface area contributed by atoms with Crippen molar-refractivity contribution in [1.29, 1.82) is 0 Å². The molecule has 0 fully saturated rings. The molecule has 16 heteroatoms. The third-order valence-corrected chi connectivity index (χ3v) is 5.76. The lowest BCUT2D eigenvalue weighted by Gasteiger charge is -2.21. The first kappa shape index (κ1) is 35.4. The van der Waals surface area contributed by atoms with Crippen molar-refractivity contribution in [3.05, 3.63) is 76.4 Å². The summed E-state index contributed by atoms with van der Waals surface area (Å²) >= 11 is 0. The van der Waals surface area contributed by atoms with Crippen molar-refractivity contribution in [2.24, 2.45) is 5.92 Å². The lowest BCUT2D eigenvalue weighted by molar-refractivity contribution is -0.384. The lowest BCUT2D eigenvalue weighted by Crippen LogP contribution is -2.51. The molecule has 240 valence electrons. The van der Waals surface area contributed by atoms with Crippen LogP contribution in [0.1, 0.15) is 25.8 Å². The Labute approximate surface area is 257 Å². The molecule has 0 radical (unpaired) electrons. The second-order valence-corrected chi connectivity index (χ2v) is 9.54. The zero-order chi connectivity index (χ0) is 33.4. The Morgan fingerprint density at radius 1 is 0.911 bits per heavy atom. The number of benzene rings is 2. The second kappa shape index (κ2) is 18.0. The van der Waals surface area contributed by atoms with Gasteiger partial charge in [-0.15, -0.1) is 0 Å². The molecule has 1 atom stereocenters. The first-order chi connectivity index (χ1) is 21.4. The summed E-state index contributed by atoms with van der Waals surface area (Å²) in [6, 6.07) is 10.3. The number of nitrogens with zero attached hydrogens (tertiary/aromatic N) is 1. The molecule has 1 unspecified atom stereocenters. The third-order valence-electron chi connectivity index (χ3n) is 5.76. The van der Waals surface area contributed by atoms with Gasteiger partial charge in [0.05, 0.1) is 18.6 Å². The summed E-state index contributed by atoms with van der Waals surface area (Å²) in [5, 5.41) is 20.8. The number of carbonyl (C=O) groups excluding carboxylic acids is 6. The van der Waals surface area contributed by atoms with Gasteiger partial charge in [0, 0.05) is 42.9 Å². The standard InChI is InChI=1S/C29H33N5O11/c1-18(2)27(33-24(36)14-15-30-23(35)12-13-26(38)43-3)28(39)31-16-25(37)32-20-6-4-19(5-7-20)17-44-29(40)45-22-10-8-21(9-11-22)34(41)42/h4-13,18,27H,14-17H2,1-3H3,(H,30,35)(H,31,39)(H,32,37)(H,33,36)/b13-12-. The van der Waals surface area contributed by atoms with Crippen molar-refractivity contribution >= 4 is 47.1 Å². The van der Waals surface area contributed by atoms with Gasteiger partial charge in [-0.1, -0.05) is 26.0 Å². The smallest absolute Gasteiger partial charge is 0.466 e. The van der Waals surface area contributed by atoms with E-state index in [4.69, 9.17) is 9.47 Å².